The lowest BCUT2D eigenvalue weighted by Gasteiger charge is -2.38. The number of nitrogens with zero attached hydrogens (tertiary/aromatic N) is 4. The Hall–Kier alpha value is -4.54. The second-order valence-electron chi connectivity index (χ2n) is 8.91. The number of anilines is 2. The van der Waals surface area contributed by atoms with Crippen molar-refractivity contribution < 1.29 is 23.9 Å². The van der Waals surface area contributed by atoms with E-state index in [1.165, 1.54) is 24.3 Å². The quantitative estimate of drug-likeness (QED) is 0.343. The number of amides is 1. The molecule has 2 aliphatic rings. The Bertz CT molecular complexity index is 1640. The van der Waals surface area contributed by atoms with Crippen LogP contribution in [0, 0.1) is 17.1 Å². The van der Waals surface area contributed by atoms with Gasteiger partial charge in [0.15, 0.2) is 10.1 Å². The molecule has 2 aromatic carbocycles. The minimum absolute atomic E-state index is 0.0253. The lowest BCUT2D eigenvalue weighted by molar-refractivity contribution is -0.116. The predicted molar refractivity (Wildman–Crippen MR) is 147 cm³/mol. The van der Waals surface area contributed by atoms with Crippen molar-refractivity contribution >= 4 is 51.6 Å². The first-order chi connectivity index (χ1) is 19.3. The van der Waals surface area contributed by atoms with E-state index < -0.39 is 17.7 Å². The molecule has 10 nitrogen and oxygen atoms in total. The number of carboxylic acid groups (broad SMARTS) is 1. The summed E-state index contributed by atoms with van der Waals surface area (Å²) >= 11 is 2.25. The number of hydrogen-bond acceptors (Lipinski definition) is 10. The predicted octanol–water partition coefficient (Wildman–Crippen LogP) is 4.41. The van der Waals surface area contributed by atoms with Crippen LogP contribution < -0.4 is 16.0 Å². The van der Waals surface area contributed by atoms with E-state index in [1.807, 2.05) is 0 Å². The van der Waals surface area contributed by atoms with Crippen molar-refractivity contribution in [1.29, 1.82) is 5.26 Å². The molecule has 0 spiro atoms. The molecule has 40 heavy (non-hydrogen) atoms. The number of aromatic carboxylic acids is 1. The summed E-state index contributed by atoms with van der Waals surface area (Å²) in [5.74, 6) is -3.08. The molecule has 0 bridgehead atoms. The highest BCUT2D eigenvalue weighted by Crippen LogP contribution is 2.47. The third-order valence-electron chi connectivity index (χ3n) is 6.44. The number of hydrogen-bond donors (Lipinski definition) is 3. The van der Waals surface area contributed by atoms with Crippen molar-refractivity contribution in [3.8, 4) is 6.07 Å². The number of halogens is 1. The lowest BCUT2D eigenvalue weighted by atomic mass is 9.75. The second-order valence-corrected chi connectivity index (χ2v) is 11.1. The highest BCUT2D eigenvalue weighted by atomic mass is 32.2. The van der Waals surface area contributed by atoms with Gasteiger partial charge in [0.05, 0.1) is 28.9 Å². The largest absolute Gasteiger partial charge is 0.478 e. The number of carbonyl (C=O) groups is 3. The van der Waals surface area contributed by atoms with Gasteiger partial charge in [-0.3, -0.25) is 14.5 Å². The van der Waals surface area contributed by atoms with Gasteiger partial charge in [0.25, 0.3) is 0 Å². The summed E-state index contributed by atoms with van der Waals surface area (Å²) in [4.78, 5) is 38.3. The molecule has 1 atom stereocenters. The van der Waals surface area contributed by atoms with Gasteiger partial charge in [0, 0.05) is 28.9 Å². The van der Waals surface area contributed by atoms with Crippen LogP contribution in [-0.2, 0) is 9.59 Å². The van der Waals surface area contributed by atoms with Crippen molar-refractivity contribution in [2.24, 2.45) is 5.73 Å². The highest BCUT2D eigenvalue weighted by Gasteiger charge is 2.42. The van der Waals surface area contributed by atoms with Gasteiger partial charge in [-0.1, -0.05) is 47.4 Å². The molecule has 13 heteroatoms. The molecule has 1 aromatic heterocycles. The van der Waals surface area contributed by atoms with Crippen LogP contribution in [0.15, 0.2) is 75.5 Å². The number of carbonyl (C=O) groups excluding carboxylic acids is 2. The van der Waals surface area contributed by atoms with Gasteiger partial charge in [0.2, 0.25) is 11.0 Å². The minimum atomic E-state index is -1.10. The number of allylic oxidation sites excluding steroid dienone is 3. The molecule has 1 aliphatic carbocycles. The Morgan fingerprint density at radius 3 is 2.77 bits per heavy atom. The van der Waals surface area contributed by atoms with Crippen LogP contribution in [0.5, 0.6) is 0 Å². The number of Topliss-reactive ketones (excluding diaryl/α,β-unsaturated/α-hetero) is 1. The molecule has 0 saturated heterocycles. The summed E-state index contributed by atoms with van der Waals surface area (Å²) in [5, 5.41) is 30.5. The summed E-state index contributed by atoms with van der Waals surface area (Å²) in [6, 6.07) is 14.0. The van der Waals surface area contributed by atoms with Gasteiger partial charge in [-0.2, -0.15) is 5.26 Å². The normalized spacial score (nSPS) is 16.9. The van der Waals surface area contributed by atoms with Crippen molar-refractivity contribution in [1.82, 2.24) is 10.2 Å². The molecule has 4 N–H and O–H groups in total. The van der Waals surface area contributed by atoms with E-state index in [1.54, 1.807) is 29.2 Å². The lowest BCUT2D eigenvalue weighted by Crippen LogP contribution is -2.38. The van der Waals surface area contributed by atoms with Crippen LogP contribution >= 0.6 is 23.1 Å². The first-order valence-electron chi connectivity index (χ1n) is 12.1. The van der Waals surface area contributed by atoms with Crippen LogP contribution in [0.1, 0.15) is 41.1 Å². The summed E-state index contributed by atoms with van der Waals surface area (Å²) < 4.78 is 15.3. The van der Waals surface area contributed by atoms with Crippen LogP contribution in [0.2, 0.25) is 0 Å². The van der Waals surface area contributed by atoms with E-state index in [4.69, 9.17) is 10.8 Å². The Balaban J connectivity index is 1.40. The SMILES string of the molecule is N#CC1=C(N)N(c2nnc(SCC(=O)Nc3cccc(C(=O)O)c3)s2)C2=C(C(=O)CCC2)C1c1ccccc1F. The van der Waals surface area contributed by atoms with Crippen LogP contribution in [0.25, 0.3) is 0 Å². The molecule has 3 aromatic rings. The number of benzene rings is 2. The molecule has 0 radical (unpaired) electrons. The zero-order chi connectivity index (χ0) is 28.4. The minimum Gasteiger partial charge on any atom is -0.478 e. The Labute approximate surface area is 236 Å². The number of nitrogens with one attached hydrogen (secondary N) is 1. The maximum Gasteiger partial charge on any atom is 0.335 e. The number of carboxylic acids is 1. The number of ketones is 1. The maximum atomic E-state index is 14.9. The van der Waals surface area contributed by atoms with Crippen LogP contribution in [0.3, 0.4) is 0 Å². The monoisotopic (exact) mass is 576 g/mol. The molecular formula is C27H21FN6O4S2. The molecule has 0 fully saturated rings. The fourth-order valence-corrected chi connectivity index (χ4v) is 6.41. The molecule has 1 amide bonds. The van der Waals surface area contributed by atoms with Gasteiger partial charge in [-0.15, -0.1) is 10.2 Å². The Morgan fingerprint density at radius 2 is 2.02 bits per heavy atom. The zero-order valence-electron chi connectivity index (χ0n) is 20.8. The first-order valence-corrected chi connectivity index (χ1v) is 13.9. The molecule has 0 saturated carbocycles. The Morgan fingerprint density at radius 1 is 1.23 bits per heavy atom. The van der Waals surface area contributed by atoms with Crippen molar-refractivity contribution in [3.63, 3.8) is 0 Å². The summed E-state index contributed by atoms with van der Waals surface area (Å²) in [6.45, 7) is 0. The molecule has 202 valence electrons. The zero-order valence-corrected chi connectivity index (χ0v) is 22.4. The summed E-state index contributed by atoms with van der Waals surface area (Å²) in [6.07, 6.45) is 1.32. The van der Waals surface area contributed by atoms with E-state index in [-0.39, 0.29) is 46.4 Å². The van der Waals surface area contributed by atoms with Gasteiger partial charge in [0.1, 0.15) is 11.6 Å². The standard InChI is InChI=1S/C27H21FN6O4S2/c28-18-8-2-1-7-16(18)22-17(12-29)24(30)34(19-9-4-10-20(35)23(19)22)26-32-33-27(40-26)39-13-21(36)31-15-6-3-5-14(11-15)25(37)38/h1-3,5-8,11,22H,4,9-10,13,30H2,(H,31,36)(H,37,38). The molecular weight excluding hydrogens is 555 g/mol. The summed E-state index contributed by atoms with van der Waals surface area (Å²) in [5.41, 5.74) is 8.03. The second kappa shape index (κ2) is 11.3. The van der Waals surface area contributed by atoms with Crippen LogP contribution in [0.4, 0.5) is 15.2 Å². The first kappa shape index (κ1) is 27.0. The number of nitrogens with two attached hydrogens (primary N) is 1. The molecule has 1 aliphatic heterocycles. The van der Waals surface area contributed by atoms with E-state index in [9.17, 15) is 24.0 Å². The summed E-state index contributed by atoms with van der Waals surface area (Å²) in [7, 11) is 0. The van der Waals surface area contributed by atoms with Crippen molar-refractivity contribution in [2.45, 2.75) is 29.5 Å². The van der Waals surface area contributed by atoms with E-state index in [0.717, 1.165) is 23.1 Å². The van der Waals surface area contributed by atoms with Gasteiger partial charge in [-0.25, -0.2) is 9.18 Å². The third kappa shape index (κ3) is 5.18. The third-order valence-corrected chi connectivity index (χ3v) is 8.48. The number of thioether (sulfide) groups is 1. The van der Waals surface area contributed by atoms with E-state index >= 15 is 0 Å². The highest BCUT2D eigenvalue weighted by molar-refractivity contribution is 8.01. The van der Waals surface area contributed by atoms with Crippen LogP contribution in [-0.4, -0.2) is 38.7 Å². The van der Waals surface area contributed by atoms with Crippen molar-refractivity contribution in [2.75, 3.05) is 16.0 Å². The Kier molecular flexibility index (Phi) is 7.63. The number of nitriles is 1. The molecule has 5 rings (SSSR count). The average molecular weight is 577 g/mol. The fourth-order valence-electron chi connectivity index (χ4n) is 4.73. The smallest absolute Gasteiger partial charge is 0.335 e. The van der Waals surface area contributed by atoms with Gasteiger partial charge >= 0.3 is 5.97 Å². The van der Waals surface area contributed by atoms with Gasteiger partial charge < -0.3 is 16.2 Å². The molecule has 1 unspecified atom stereocenters. The van der Waals surface area contributed by atoms with Gasteiger partial charge in [-0.05, 0) is 37.1 Å². The van der Waals surface area contributed by atoms with E-state index in [2.05, 4.69) is 21.6 Å². The molecule has 2 heterocycles. The number of aromatic nitrogens is 2. The van der Waals surface area contributed by atoms with E-state index in [0.29, 0.717) is 39.3 Å². The van der Waals surface area contributed by atoms with Crippen molar-refractivity contribution in [3.05, 3.63) is 88.1 Å². The maximum absolute atomic E-state index is 14.9. The fraction of sp³-hybridized carbons (Fsp3) is 0.185. The number of rotatable bonds is 7. The average Bonchev–Trinajstić information content (AvgIpc) is 3.40. The topological polar surface area (TPSA) is 162 Å².